The lowest BCUT2D eigenvalue weighted by Gasteiger charge is -2.15. The van der Waals surface area contributed by atoms with E-state index in [2.05, 4.69) is 16.0 Å². The molecule has 3 aromatic heterocycles. The van der Waals surface area contributed by atoms with Gasteiger partial charge in [-0.2, -0.15) is 5.10 Å². The molecule has 1 saturated heterocycles. The highest BCUT2D eigenvalue weighted by Crippen LogP contribution is 2.34. The SMILES string of the molecule is NCCn1nc([C@H]2CCN(C(=O)c3cc4c(s3)CCCC4)C2)c2nccnc21. The summed E-state index contributed by atoms with van der Waals surface area (Å²) in [6.07, 6.45) is 9.01. The van der Waals surface area contributed by atoms with Gasteiger partial charge in [-0.25, -0.2) is 14.6 Å². The lowest BCUT2D eigenvalue weighted by Crippen LogP contribution is -2.27. The van der Waals surface area contributed by atoms with E-state index in [0.29, 0.717) is 19.6 Å². The molecule has 0 bridgehead atoms. The fourth-order valence-electron chi connectivity index (χ4n) is 4.40. The van der Waals surface area contributed by atoms with E-state index in [1.807, 2.05) is 9.58 Å². The molecule has 3 aromatic rings. The van der Waals surface area contributed by atoms with E-state index in [0.717, 1.165) is 47.5 Å². The van der Waals surface area contributed by atoms with Crippen molar-refractivity contribution < 1.29 is 4.79 Å². The van der Waals surface area contributed by atoms with Gasteiger partial charge in [0.1, 0.15) is 5.52 Å². The summed E-state index contributed by atoms with van der Waals surface area (Å²) in [5.74, 6) is 0.357. The van der Waals surface area contributed by atoms with E-state index in [1.54, 1.807) is 23.7 Å². The van der Waals surface area contributed by atoms with Gasteiger partial charge in [-0.05, 0) is 43.7 Å². The molecule has 8 heteroatoms. The Morgan fingerprint density at radius 3 is 2.96 bits per heavy atom. The number of carbonyl (C=O) groups excluding carboxylic acids is 1. The molecule has 0 aromatic carbocycles. The molecule has 1 atom stereocenters. The van der Waals surface area contributed by atoms with E-state index in [1.165, 1.54) is 23.3 Å². The molecule has 1 fully saturated rings. The van der Waals surface area contributed by atoms with Crippen LogP contribution in [0.15, 0.2) is 18.5 Å². The first-order valence-corrected chi connectivity index (χ1v) is 10.8. The number of hydrogen-bond donors (Lipinski definition) is 1. The van der Waals surface area contributed by atoms with Gasteiger partial charge in [0.15, 0.2) is 5.65 Å². The second-order valence-electron chi connectivity index (χ2n) is 7.63. The summed E-state index contributed by atoms with van der Waals surface area (Å²) in [6, 6.07) is 2.13. The number of fused-ring (bicyclic) bond motifs is 2. The molecular weight excluding hydrogens is 372 g/mol. The first-order chi connectivity index (χ1) is 13.7. The first kappa shape index (κ1) is 17.8. The van der Waals surface area contributed by atoms with Crippen LogP contribution in [0.25, 0.3) is 11.2 Å². The highest BCUT2D eigenvalue weighted by Gasteiger charge is 2.32. The predicted octanol–water partition coefficient (Wildman–Crippen LogP) is 2.35. The third-order valence-electron chi connectivity index (χ3n) is 5.80. The average Bonchev–Trinajstić information content (AvgIpc) is 3.44. The van der Waals surface area contributed by atoms with Crippen LogP contribution >= 0.6 is 11.3 Å². The third kappa shape index (κ3) is 3.00. The van der Waals surface area contributed by atoms with E-state index in [9.17, 15) is 4.79 Å². The van der Waals surface area contributed by atoms with Crippen LogP contribution in [0.1, 0.15) is 51.0 Å². The van der Waals surface area contributed by atoms with Gasteiger partial charge in [0.2, 0.25) is 0 Å². The number of likely N-dealkylation sites (tertiary alicyclic amines) is 1. The average molecular weight is 397 g/mol. The number of nitrogens with zero attached hydrogens (tertiary/aromatic N) is 5. The van der Waals surface area contributed by atoms with Crippen LogP contribution < -0.4 is 5.73 Å². The number of amides is 1. The quantitative estimate of drug-likeness (QED) is 0.731. The summed E-state index contributed by atoms with van der Waals surface area (Å²) >= 11 is 1.69. The summed E-state index contributed by atoms with van der Waals surface area (Å²) in [4.78, 5) is 26.3. The summed E-state index contributed by atoms with van der Waals surface area (Å²) in [5.41, 5.74) is 9.66. The van der Waals surface area contributed by atoms with Crippen LogP contribution in [0, 0.1) is 0 Å². The fraction of sp³-hybridized carbons (Fsp3) is 0.500. The van der Waals surface area contributed by atoms with Crippen LogP contribution in [0.2, 0.25) is 0 Å². The third-order valence-corrected chi connectivity index (χ3v) is 7.03. The Bertz CT molecular complexity index is 1000. The number of carbonyl (C=O) groups is 1. The number of aromatic nitrogens is 4. The molecule has 0 unspecified atom stereocenters. The minimum Gasteiger partial charge on any atom is -0.337 e. The maximum absolute atomic E-state index is 13.1. The Kier molecular flexibility index (Phi) is 4.60. The van der Waals surface area contributed by atoms with Gasteiger partial charge >= 0.3 is 0 Å². The van der Waals surface area contributed by atoms with Crippen molar-refractivity contribution in [3.8, 4) is 0 Å². The van der Waals surface area contributed by atoms with Crippen molar-refractivity contribution in [3.63, 3.8) is 0 Å². The molecule has 0 saturated carbocycles. The zero-order valence-electron chi connectivity index (χ0n) is 15.8. The van der Waals surface area contributed by atoms with Crippen molar-refractivity contribution in [2.45, 2.75) is 44.6 Å². The van der Waals surface area contributed by atoms with Crippen LogP contribution in [0.3, 0.4) is 0 Å². The van der Waals surface area contributed by atoms with Crippen molar-refractivity contribution in [2.24, 2.45) is 5.73 Å². The predicted molar refractivity (Wildman–Crippen MR) is 109 cm³/mol. The molecule has 2 aliphatic rings. The molecule has 2 N–H and O–H groups in total. The lowest BCUT2D eigenvalue weighted by molar-refractivity contribution is 0.0795. The van der Waals surface area contributed by atoms with Gasteiger partial charge in [0.25, 0.3) is 5.91 Å². The van der Waals surface area contributed by atoms with Gasteiger partial charge in [0, 0.05) is 42.8 Å². The summed E-state index contributed by atoms with van der Waals surface area (Å²) in [6.45, 7) is 2.57. The monoisotopic (exact) mass is 396 g/mol. The van der Waals surface area contributed by atoms with E-state index in [-0.39, 0.29) is 11.8 Å². The zero-order chi connectivity index (χ0) is 19.1. The lowest BCUT2D eigenvalue weighted by atomic mass is 9.99. The molecule has 1 aliphatic carbocycles. The summed E-state index contributed by atoms with van der Waals surface area (Å²) in [7, 11) is 0. The topological polar surface area (TPSA) is 89.9 Å². The Morgan fingerprint density at radius 2 is 2.11 bits per heavy atom. The minimum atomic E-state index is 0.165. The maximum Gasteiger partial charge on any atom is 0.263 e. The van der Waals surface area contributed by atoms with E-state index < -0.39 is 0 Å². The zero-order valence-corrected chi connectivity index (χ0v) is 16.6. The number of hydrogen-bond acceptors (Lipinski definition) is 6. The molecule has 7 nitrogen and oxygen atoms in total. The van der Waals surface area contributed by atoms with Crippen LogP contribution in [0.4, 0.5) is 0 Å². The van der Waals surface area contributed by atoms with Crippen LogP contribution in [-0.4, -0.2) is 50.2 Å². The second kappa shape index (κ2) is 7.25. The number of thiophene rings is 1. The normalized spacial score (nSPS) is 19.3. The molecule has 5 rings (SSSR count). The molecule has 28 heavy (non-hydrogen) atoms. The highest BCUT2D eigenvalue weighted by molar-refractivity contribution is 7.14. The molecule has 0 spiro atoms. The Morgan fingerprint density at radius 1 is 1.25 bits per heavy atom. The van der Waals surface area contributed by atoms with Gasteiger partial charge < -0.3 is 10.6 Å². The number of nitrogens with two attached hydrogens (primary N) is 1. The van der Waals surface area contributed by atoms with Gasteiger partial charge in [-0.3, -0.25) is 4.79 Å². The van der Waals surface area contributed by atoms with Crippen LogP contribution in [0.5, 0.6) is 0 Å². The fourth-order valence-corrected chi connectivity index (χ4v) is 5.62. The molecule has 146 valence electrons. The second-order valence-corrected chi connectivity index (χ2v) is 8.77. The van der Waals surface area contributed by atoms with Crippen molar-refractivity contribution >= 4 is 28.4 Å². The van der Waals surface area contributed by atoms with Crippen LogP contribution in [-0.2, 0) is 19.4 Å². The maximum atomic E-state index is 13.1. The summed E-state index contributed by atoms with van der Waals surface area (Å²) in [5, 5.41) is 4.76. The molecular formula is C20H24N6OS. The Labute approximate surface area is 167 Å². The number of rotatable bonds is 4. The number of aryl methyl sites for hydroxylation is 2. The molecule has 0 radical (unpaired) electrons. The molecule has 1 amide bonds. The Hall–Kier alpha value is -2.32. The molecule has 4 heterocycles. The standard InChI is InChI=1S/C20H24N6OS/c21-6-10-26-19-18(22-7-8-23-19)17(24-26)14-5-9-25(12-14)20(27)16-11-13-3-1-2-4-15(13)28-16/h7-8,11,14H,1-6,9-10,12,21H2/t14-/m0/s1. The van der Waals surface area contributed by atoms with E-state index >= 15 is 0 Å². The minimum absolute atomic E-state index is 0.165. The van der Waals surface area contributed by atoms with Crippen molar-refractivity contribution in [3.05, 3.63) is 39.5 Å². The van der Waals surface area contributed by atoms with Crippen molar-refractivity contribution in [2.75, 3.05) is 19.6 Å². The first-order valence-electron chi connectivity index (χ1n) is 10.0. The highest BCUT2D eigenvalue weighted by atomic mass is 32.1. The largest absolute Gasteiger partial charge is 0.337 e. The van der Waals surface area contributed by atoms with Gasteiger partial charge in [-0.1, -0.05) is 0 Å². The smallest absolute Gasteiger partial charge is 0.263 e. The van der Waals surface area contributed by atoms with Crippen molar-refractivity contribution in [1.29, 1.82) is 0 Å². The Balaban J connectivity index is 1.38. The summed E-state index contributed by atoms with van der Waals surface area (Å²) < 4.78 is 1.84. The molecule has 1 aliphatic heterocycles. The van der Waals surface area contributed by atoms with Gasteiger partial charge in [0.05, 0.1) is 17.1 Å². The van der Waals surface area contributed by atoms with Gasteiger partial charge in [-0.15, -0.1) is 11.3 Å². The van der Waals surface area contributed by atoms with Crippen molar-refractivity contribution in [1.82, 2.24) is 24.6 Å². The van der Waals surface area contributed by atoms with E-state index in [4.69, 9.17) is 10.8 Å².